The number of aryl methyl sites for hydroxylation is 1. The third kappa shape index (κ3) is 4.08. The monoisotopic (exact) mass is 440 g/mol. The predicted molar refractivity (Wildman–Crippen MR) is 128 cm³/mol. The molecule has 31 heavy (non-hydrogen) atoms. The van der Waals surface area contributed by atoms with E-state index in [1.807, 2.05) is 11.3 Å². The smallest absolute Gasteiger partial charge is 0.225 e. The third-order valence-corrected chi connectivity index (χ3v) is 9.06. The zero-order valence-corrected chi connectivity index (χ0v) is 20.1. The molecule has 0 unspecified atom stereocenters. The predicted octanol–water partition coefficient (Wildman–Crippen LogP) is 5.07. The van der Waals surface area contributed by atoms with Crippen LogP contribution < -0.4 is 4.90 Å². The molecule has 2 aliphatic carbocycles. The fraction of sp³-hybridized carbons (Fsp3) is 0.720. The number of nitrogens with zero attached hydrogens (tertiary/aromatic N) is 4. The number of hydrogen-bond acceptors (Lipinski definition) is 5. The Hall–Kier alpha value is -1.69. The van der Waals surface area contributed by atoms with Crippen molar-refractivity contribution in [2.24, 2.45) is 17.3 Å². The topological polar surface area (TPSA) is 49.3 Å². The minimum absolute atomic E-state index is 0.269. The highest BCUT2D eigenvalue weighted by Gasteiger charge is 2.33. The van der Waals surface area contributed by atoms with Gasteiger partial charge >= 0.3 is 0 Å². The maximum atomic E-state index is 13.0. The van der Waals surface area contributed by atoms with E-state index >= 15 is 0 Å². The summed E-state index contributed by atoms with van der Waals surface area (Å²) in [5.74, 6) is 2.50. The fourth-order valence-corrected chi connectivity index (χ4v) is 7.08. The number of aromatic nitrogens is 2. The Balaban J connectivity index is 1.34. The van der Waals surface area contributed by atoms with Crippen LogP contribution in [0.4, 0.5) is 5.82 Å². The van der Waals surface area contributed by atoms with E-state index in [0.717, 1.165) is 62.0 Å². The molecule has 0 bridgehead atoms. The summed E-state index contributed by atoms with van der Waals surface area (Å²) in [5.41, 5.74) is 1.85. The van der Waals surface area contributed by atoms with Gasteiger partial charge in [0.05, 0.1) is 5.39 Å². The van der Waals surface area contributed by atoms with Crippen LogP contribution in [-0.4, -0.2) is 47.0 Å². The standard InChI is InChI=1S/C25H36N4OS/c1-25(2,3)18-9-10-19-20(15-18)31-23-21(19)22(26-16-27-23)28-11-13-29(14-12-28)24(30)17-7-5-4-6-8-17/h16-18H,4-15H2,1-3H3/t18-/m1/s1. The van der Waals surface area contributed by atoms with Crippen LogP contribution in [0, 0.1) is 17.3 Å². The van der Waals surface area contributed by atoms with Gasteiger partial charge in [-0.05, 0) is 49.0 Å². The number of carbonyl (C=O) groups excluding carboxylic acids is 1. The minimum Gasteiger partial charge on any atom is -0.352 e. The van der Waals surface area contributed by atoms with Gasteiger partial charge in [-0.3, -0.25) is 4.79 Å². The first-order valence-corrected chi connectivity index (χ1v) is 13.0. The van der Waals surface area contributed by atoms with E-state index in [1.54, 1.807) is 6.33 Å². The van der Waals surface area contributed by atoms with Crippen molar-refractivity contribution in [3.8, 4) is 0 Å². The van der Waals surface area contributed by atoms with Crippen LogP contribution in [0.5, 0.6) is 0 Å². The van der Waals surface area contributed by atoms with E-state index in [1.165, 1.54) is 47.9 Å². The lowest BCUT2D eigenvalue weighted by Gasteiger charge is -2.38. The number of thiophene rings is 1. The summed E-state index contributed by atoms with van der Waals surface area (Å²) in [6.45, 7) is 10.5. The molecule has 1 saturated heterocycles. The zero-order valence-electron chi connectivity index (χ0n) is 19.3. The van der Waals surface area contributed by atoms with Crippen molar-refractivity contribution in [3.63, 3.8) is 0 Å². The van der Waals surface area contributed by atoms with Crippen LogP contribution in [0.2, 0.25) is 0 Å². The molecular formula is C25H36N4OS. The molecular weight excluding hydrogens is 404 g/mol. The maximum absolute atomic E-state index is 13.0. The first kappa shape index (κ1) is 21.2. The molecule has 0 aromatic carbocycles. The quantitative estimate of drug-likeness (QED) is 0.654. The zero-order chi connectivity index (χ0) is 21.6. The Morgan fingerprint density at radius 2 is 1.77 bits per heavy atom. The van der Waals surface area contributed by atoms with E-state index in [2.05, 4.69) is 35.6 Å². The molecule has 2 aromatic rings. The van der Waals surface area contributed by atoms with Crippen LogP contribution in [0.15, 0.2) is 6.33 Å². The van der Waals surface area contributed by atoms with Crippen LogP contribution >= 0.6 is 11.3 Å². The van der Waals surface area contributed by atoms with Gasteiger partial charge in [0.15, 0.2) is 0 Å². The number of hydrogen-bond donors (Lipinski definition) is 0. The van der Waals surface area contributed by atoms with Crippen molar-refractivity contribution in [2.75, 3.05) is 31.1 Å². The van der Waals surface area contributed by atoms with Gasteiger partial charge in [-0.2, -0.15) is 0 Å². The van der Waals surface area contributed by atoms with Gasteiger partial charge in [-0.25, -0.2) is 9.97 Å². The van der Waals surface area contributed by atoms with Crippen molar-refractivity contribution in [2.45, 2.75) is 72.1 Å². The van der Waals surface area contributed by atoms with Gasteiger partial charge in [0.25, 0.3) is 0 Å². The Morgan fingerprint density at radius 1 is 1.03 bits per heavy atom. The van der Waals surface area contributed by atoms with Gasteiger partial charge in [-0.1, -0.05) is 40.0 Å². The lowest BCUT2D eigenvalue weighted by Crippen LogP contribution is -2.50. The molecule has 0 N–H and O–H groups in total. The average molecular weight is 441 g/mol. The summed E-state index contributed by atoms with van der Waals surface area (Å²) in [6.07, 6.45) is 11.2. The second kappa shape index (κ2) is 8.34. The Morgan fingerprint density at radius 3 is 2.48 bits per heavy atom. The average Bonchev–Trinajstić information content (AvgIpc) is 3.17. The molecule has 3 aliphatic rings. The molecule has 2 fully saturated rings. The minimum atomic E-state index is 0.269. The van der Waals surface area contributed by atoms with E-state index < -0.39 is 0 Å². The van der Waals surface area contributed by atoms with E-state index in [-0.39, 0.29) is 5.92 Å². The molecule has 1 amide bonds. The number of fused-ring (bicyclic) bond motifs is 3. The van der Waals surface area contributed by atoms with E-state index in [4.69, 9.17) is 4.98 Å². The van der Waals surface area contributed by atoms with Crippen molar-refractivity contribution < 1.29 is 4.79 Å². The number of rotatable bonds is 2. The molecule has 5 rings (SSSR count). The molecule has 1 aliphatic heterocycles. The second-order valence-corrected chi connectivity index (χ2v) is 11.9. The lowest BCUT2D eigenvalue weighted by atomic mass is 9.72. The summed E-state index contributed by atoms with van der Waals surface area (Å²) >= 11 is 1.88. The van der Waals surface area contributed by atoms with Gasteiger partial charge < -0.3 is 9.80 Å². The van der Waals surface area contributed by atoms with Crippen LogP contribution in [-0.2, 0) is 17.6 Å². The van der Waals surface area contributed by atoms with Gasteiger partial charge in [0, 0.05) is 37.0 Å². The molecule has 3 heterocycles. The summed E-state index contributed by atoms with van der Waals surface area (Å²) in [6, 6.07) is 0. The first-order chi connectivity index (χ1) is 14.9. The highest BCUT2D eigenvalue weighted by molar-refractivity contribution is 7.19. The molecule has 0 radical (unpaired) electrons. The second-order valence-electron chi connectivity index (χ2n) is 10.8. The van der Waals surface area contributed by atoms with E-state index in [0.29, 0.717) is 11.3 Å². The molecule has 2 aromatic heterocycles. The summed E-state index contributed by atoms with van der Waals surface area (Å²) in [7, 11) is 0. The summed E-state index contributed by atoms with van der Waals surface area (Å²) < 4.78 is 0. The van der Waals surface area contributed by atoms with Crippen molar-refractivity contribution in [3.05, 3.63) is 16.8 Å². The Labute approximate surface area is 190 Å². The fourth-order valence-electron chi connectivity index (χ4n) is 5.82. The number of anilines is 1. The largest absolute Gasteiger partial charge is 0.352 e. The van der Waals surface area contributed by atoms with Crippen molar-refractivity contribution in [1.82, 2.24) is 14.9 Å². The number of piperazine rings is 1. The SMILES string of the molecule is CC(C)(C)[C@@H]1CCc2c(sc3ncnc(N4CCN(C(=O)C5CCCCC5)CC4)c23)C1. The molecule has 1 saturated carbocycles. The summed E-state index contributed by atoms with van der Waals surface area (Å²) in [5, 5.41) is 1.29. The molecule has 0 spiro atoms. The Kier molecular flexibility index (Phi) is 5.70. The highest BCUT2D eigenvalue weighted by Crippen LogP contribution is 2.44. The van der Waals surface area contributed by atoms with Gasteiger partial charge in [0.1, 0.15) is 17.0 Å². The third-order valence-electron chi connectivity index (χ3n) is 7.90. The molecule has 1 atom stereocenters. The van der Waals surface area contributed by atoms with E-state index in [9.17, 15) is 4.79 Å². The lowest BCUT2D eigenvalue weighted by molar-refractivity contribution is -0.136. The normalized spacial score (nSPS) is 23.3. The van der Waals surface area contributed by atoms with Crippen molar-refractivity contribution >= 4 is 33.3 Å². The van der Waals surface area contributed by atoms with Gasteiger partial charge in [0.2, 0.25) is 5.91 Å². The van der Waals surface area contributed by atoms with Gasteiger partial charge in [-0.15, -0.1) is 11.3 Å². The number of carbonyl (C=O) groups is 1. The molecule has 5 nitrogen and oxygen atoms in total. The maximum Gasteiger partial charge on any atom is 0.225 e. The molecule has 6 heteroatoms. The summed E-state index contributed by atoms with van der Waals surface area (Å²) in [4.78, 5) is 29.5. The molecule has 168 valence electrons. The highest BCUT2D eigenvalue weighted by atomic mass is 32.1. The van der Waals surface area contributed by atoms with Crippen LogP contribution in [0.25, 0.3) is 10.2 Å². The first-order valence-electron chi connectivity index (χ1n) is 12.2. The van der Waals surface area contributed by atoms with Crippen LogP contribution in [0.1, 0.15) is 69.7 Å². The number of amides is 1. The van der Waals surface area contributed by atoms with Crippen LogP contribution in [0.3, 0.4) is 0 Å². The Bertz CT molecular complexity index is 948. The van der Waals surface area contributed by atoms with Crippen molar-refractivity contribution in [1.29, 1.82) is 0 Å².